The number of aromatic nitrogens is 1. The van der Waals surface area contributed by atoms with Crippen molar-refractivity contribution in [3.05, 3.63) is 39.1 Å². The molecule has 0 saturated heterocycles. The number of halogens is 2. The highest BCUT2D eigenvalue weighted by Crippen LogP contribution is 2.29. The van der Waals surface area contributed by atoms with Crippen molar-refractivity contribution < 1.29 is 0 Å². The largest absolute Gasteiger partial charge is 0.229 e. The molecule has 0 N–H and O–H groups in total. The van der Waals surface area contributed by atoms with Gasteiger partial charge in [-0.1, -0.05) is 30.3 Å². The van der Waals surface area contributed by atoms with Crippen molar-refractivity contribution in [3.8, 4) is 11.3 Å². The van der Waals surface area contributed by atoms with Crippen LogP contribution in [-0.2, 0) is 0 Å². The fourth-order valence-electron chi connectivity index (χ4n) is 1.23. The fraction of sp³-hybridized carbons (Fsp3) is 0.100. The Hall–Kier alpha value is -0.380. The summed E-state index contributed by atoms with van der Waals surface area (Å²) in [5.41, 5.74) is 2.26. The summed E-state index contributed by atoms with van der Waals surface area (Å²) in [7, 11) is 0. The second-order valence-corrected chi connectivity index (χ2v) is 5.22. The topological polar surface area (TPSA) is 12.9 Å². The lowest BCUT2D eigenvalue weighted by Crippen LogP contribution is -1.78. The van der Waals surface area contributed by atoms with E-state index in [0.29, 0.717) is 0 Å². The van der Waals surface area contributed by atoms with Crippen molar-refractivity contribution in [1.82, 2.24) is 4.98 Å². The smallest absolute Gasteiger partial charge is 0.160 e. The van der Waals surface area contributed by atoms with E-state index in [1.807, 2.05) is 18.2 Å². The summed E-state index contributed by atoms with van der Waals surface area (Å²) in [6, 6.07) is 10.2. The van der Waals surface area contributed by atoms with Gasteiger partial charge in [0.1, 0.15) is 0 Å². The average Bonchev–Trinajstić information content (AvgIpc) is 2.47. The van der Waals surface area contributed by atoms with E-state index >= 15 is 0 Å². The number of rotatable bonds is 1. The van der Waals surface area contributed by atoms with Crippen LogP contribution in [0.1, 0.15) is 4.88 Å². The first-order chi connectivity index (χ1) is 6.27. The molecule has 0 unspecified atom stereocenters. The molecule has 0 spiro atoms. The maximum absolute atomic E-state index is 4.42. The lowest BCUT2D eigenvalue weighted by Gasteiger charge is -1.96. The van der Waals surface area contributed by atoms with Crippen molar-refractivity contribution in [2.24, 2.45) is 0 Å². The van der Waals surface area contributed by atoms with Crippen molar-refractivity contribution >= 4 is 39.7 Å². The minimum atomic E-state index is 0. The summed E-state index contributed by atoms with van der Waals surface area (Å²) in [5.74, 6) is 0. The van der Waals surface area contributed by atoms with Crippen LogP contribution in [0.5, 0.6) is 0 Å². The van der Waals surface area contributed by atoms with Crippen LogP contribution in [-0.4, -0.2) is 4.98 Å². The second kappa shape index (κ2) is 4.91. The first kappa shape index (κ1) is 11.7. The Balaban J connectivity index is 0.000000980. The minimum Gasteiger partial charge on any atom is -0.229 e. The lowest BCUT2D eigenvalue weighted by atomic mass is 10.1. The molecule has 14 heavy (non-hydrogen) atoms. The first-order valence-corrected chi connectivity index (χ1v) is 5.56. The third-order valence-electron chi connectivity index (χ3n) is 1.82. The number of aryl methyl sites for hydroxylation is 1. The maximum atomic E-state index is 4.42. The van der Waals surface area contributed by atoms with E-state index in [1.165, 1.54) is 10.4 Å². The van der Waals surface area contributed by atoms with Gasteiger partial charge in [0.05, 0.1) is 5.69 Å². The van der Waals surface area contributed by atoms with E-state index in [0.717, 1.165) is 9.61 Å². The van der Waals surface area contributed by atoms with E-state index in [9.17, 15) is 0 Å². The van der Waals surface area contributed by atoms with E-state index < -0.39 is 0 Å². The van der Waals surface area contributed by atoms with E-state index in [4.69, 9.17) is 0 Å². The lowest BCUT2D eigenvalue weighted by molar-refractivity contribution is 1.35. The van der Waals surface area contributed by atoms with Gasteiger partial charge in [-0.15, -0.1) is 23.7 Å². The molecule has 4 heteroatoms. The van der Waals surface area contributed by atoms with E-state index in [-0.39, 0.29) is 12.4 Å². The number of thiazole rings is 1. The Morgan fingerprint density at radius 3 is 2.36 bits per heavy atom. The molecule has 0 radical (unpaired) electrons. The van der Waals surface area contributed by atoms with Crippen LogP contribution in [0.25, 0.3) is 11.3 Å². The number of nitrogens with zero attached hydrogens (tertiary/aromatic N) is 1. The van der Waals surface area contributed by atoms with Gasteiger partial charge in [0.15, 0.2) is 3.92 Å². The molecule has 1 nitrogen and oxygen atoms in total. The van der Waals surface area contributed by atoms with Crippen molar-refractivity contribution in [2.45, 2.75) is 6.92 Å². The Morgan fingerprint density at radius 2 is 1.86 bits per heavy atom. The predicted molar refractivity (Wildman–Crippen MR) is 67.2 cm³/mol. The molecule has 0 aliphatic carbocycles. The van der Waals surface area contributed by atoms with Crippen molar-refractivity contribution in [3.63, 3.8) is 0 Å². The molecule has 1 aromatic heterocycles. The zero-order chi connectivity index (χ0) is 9.26. The van der Waals surface area contributed by atoms with Crippen LogP contribution in [0.3, 0.4) is 0 Å². The molecular weight excluding hydrogens is 282 g/mol. The Kier molecular flexibility index (Phi) is 4.11. The molecule has 0 aliphatic heterocycles. The number of hydrogen-bond donors (Lipinski definition) is 0. The summed E-state index contributed by atoms with van der Waals surface area (Å²) in [4.78, 5) is 5.66. The quantitative estimate of drug-likeness (QED) is 0.763. The summed E-state index contributed by atoms with van der Waals surface area (Å²) in [5, 5.41) is 0. The minimum absolute atomic E-state index is 0. The van der Waals surface area contributed by atoms with Gasteiger partial charge in [0, 0.05) is 10.4 Å². The van der Waals surface area contributed by atoms with Crippen LogP contribution in [0.2, 0.25) is 0 Å². The molecule has 0 atom stereocenters. The van der Waals surface area contributed by atoms with Gasteiger partial charge in [-0.3, -0.25) is 0 Å². The molecule has 0 bridgehead atoms. The molecule has 0 aliphatic rings. The Labute approximate surface area is 102 Å². The van der Waals surface area contributed by atoms with Gasteiger partial charge >= 0.3 is 0 Å². The van der Waals surface area contributed by atoms with Gasteiger partial charge in [-0.25, -0.2) is 4.98 Å². The highest BCUT2D eigenvalue weighted by Gasteiger charge is 2.06. The summed E-state index contributed by atoms with van der Waals surface area (Å²) < 4.78 is 0.948. The van der Waals surface area contributed by atoms with Crippen LogP contribution in [0, 0.1) is 6.92 Å². The molecular formula is C10H9BrClNS. The molecule has 0 saturated carbocycles. The molecule has 74 valence electrons. The van der Waals surface area contributed by atoms with Crippen molar-refractivity contribution in [1.29, 1.82) is 0 Å². The molecule has 2 aromatic rings. The average molecular weight is 291 g/mol. The number of benzene rings is 1. The van der Waals surface area contributed by atoms with Crippen LogP contribution < -0.4 is 0 Å². The first-order valence-electron chi connectivity index (χ1n) is 3.96. The summed E-state index contributed by atoms with van der Waals surface area (Å²) in [6.45, 7) is 2.09. The Morgan fingerprint density at radius 1 is 1.21 bits per heavy atom. The van der Waals surface area contributed by atoms with Gasteiger partial charge in [0.25, 0.3) is 0 Å². The molecule has 0 fully saturated rings. The monoisotopic (exact) mass is 289 g/mol. The van der Waals surface area contributed by atoms with Crippen molar-refractivity contribution in [2.75, 3.05) is 0 Å². The Bertz CT molecular complexity index is 413. The predicted octanol–water partition coefficient (Wildman–Crippen LogP) is 4.30. The van der Waals surface area contributed by atoms with Gasteiger partial charge in [-0.05, 0) is 22.9 Å². The van der Waals surface area contributed by atoms with E-state index in [1.54, 1.807) is 11.3 Å². The highest BCUT2D eigenvalue weighted by molar-refractivity contribution is 9.11. The van der Waals surface area contributed by atoms with Gasteiger partial charge in [0.2, 0.25) is 0 Å². The van der Waals surface area contributed by atoms with E-state index in [2.05, 4.69) is 40.0 Å². The molecule has 1 heterocycles. The molecule has 0 amide bonds. The molecule has 2 rings (SSSR count). The SMILES string of the molecule is Cc1sc(Br)nc1-c1ccccc1.Cl. The summed E-state index contributed by atoms with van der Waals surface area (Å²) >= 11 is 5.06. The standard InChI is InChI=1S/C10H8BrNS.ClH/c1-7-9(12-10(11)13-7)8-5-3-2-4-6-8;/h2-6H,1H3;1H. The van der Waals surface area contributed by atoms with Gasteiger partial charge < -0.3 is 0 Å². The van der Waals surface area contributed by atoms with Crippen LogP contribution in [0.15, 0.2) is 34.2 Å². The van der Waals surface area contributed by atoms with Crippen LogP contribution in [0.4, 0.5) is 0 Å². The number of hydrogen-bond acceptors (Lipinski definition) is 2. The second-order valence-electron chi connectivity index (χ2n) is 2.74. The summed E-state index contributed by atoms with van der Waals surface area (Å²) in [6.07, 6.45) is 0. The van der Waals surface area contributed by atoms with Gasteiger partial charge in [-0.2, -0.15) is 0 Å². The fourth-order valence-corrected chi connectivity index (χ4v) is 2.78. The third kappa shape index (κ3) is 2.35. The maximum Gasteiger partial charge on any atom is 0.160 e. The highest BCUT2D eigenvalue weighted by atomic mass is 79.9. The zero-order valence-corrected chi connectivity index (χ0v) is 10.7. The van der Waals surface area contributed by atoms with Crippen LogP contribution >= 0.6 is 39.7 Å². The third-order valence-corrected chi connectivity index (χ3v) is 3.24. The normalized spacial score (nSPS) is 9.57. The zero-order valence-electron chi connectivity index (χ0n) is 7.53. The molecule has 1 aromatic carbocycles.